The number of ether oxygens (including phenoxy) is 1. The Hall–Kier alpha value is -1.86. The van der Waals surface area contributed by atoms with Crippen molar-refractivity contribution in [1.82, 2.24) is 9.62 Å². The third-order valence-corrected chi connectivity index (χ3v) is 4.72. The molecule has 0 unspecified atom stereocenters. The summed E-state index contributed by atoms with van der Waals surface area (Å²) in [7, 11) is -1.65. The first-order valence-corrected chi connectivity index (χ1v) is 9.85. The second-order valence-electron chi connectivity index (χ2n) is 5.91. The van der Waals surface area contributed by atoms with Crippen LogP contribution in [-0.2, 0) is 14.8 Å². The Balaban J connectivity index is 2.00. The zero-order valence-corrected chi connectivity index (χ0v) is 14.9. The highest BCUT2D eigenvalue weighted by Gasteiger charge is 2.25. The van der Waals surface area contributed by atoms with Gasteiger partial charge in [0.15, 0.2) is 0 Å². The molecule has 132 valence electrons. The molecular weight excluding hydrogens is 328 g/mol. The number of hydrogen-bond acceptors (Lipinski definition) is 4. The van der Waals surface area contributed by atoms with E-state index >= 15 is 0 Å². The minimum atomic E-state index is -3.25. The molecule has 0 aromatic heterocycles. The van der Waals surface area contributed by atoms with Crippen molar-refractivity contribution in [3.63, 3.8) is 0 Å². The number of benzene rings is 1. The summed E-state index contributed by atoms with van der Waals surface area (Å²) in [5.41, 5.74) is 0.909. The molecule has 7 heteroatoms. The number of carbonyl (C=O) groups is 1. The number of carbonyl (C=O) groups excluding carboxylic acids is 1. The van der Waals surface area contributed by atoms with Gasteiger partial charge in [-0.2, -0.15) is 0 Å². The highest BCUT2D eigenvalue weighted by Crippen LogP contribution is 2.18. The van der Waals surface area contributed by atoms with Gasteiger partial charge >= 0.3 is 0 Å². The maximum absolute atomic E-state index is 12.5. The van der Waals surface area contributed by atoms with Crippen LogP contribution < -0.4 is 9.46 Å². The average Bonchev–Trinajstić information content (AvgIpc) is 2.58. The number of sulfonamides is 1. The van der Waals surface area contributed by atoms with Crippen LogP contribution in [0.5, 0.6) is 5.75 Å². The van der Waals surface area contributed by atoms with E-state index in [0.717, 1.165) is 36.8 Å². The predicted octanol–water partition coefficient (Wildman–Crippen LogP) is 1.64. The van der Waals surface area contributed by atoms with Crippen LogP contribution in [0.2, 0.25) is 0 Å². The maximum Gasteiger partial charge on any atom is 0.246 e. The molecule has 24 heavy (non-hydrogen) atoms. The van der Waals surface area contributed by atoms with Gasteiger partial charge in [0, 0.05) is 25.2 Å². The lowest BCUT2D eigenvalue weighted by Gasteiger charge is -2.35. The Kier molecular flexibility index (Phi) is 6.39. The fraction of sp³-hybridized carbons (Fsp3) is 0.471. The number of hydrogen-bond donors (Lipinski definition) is 1. The summed E-state index contributed by atoms with van der Waals surface area (Å²) in [5, 5.41) is 0. The zero-order chi connectivity index (χ0) is 17.6. The van der Waals surface area contributed by atoms with Crippen LogP contribution in [0.15, 0.2) is 30.3 Å². The first kappa shape index (κ1) is 18.5. The quantitative estimate of drug-likeness (QED) is 0.790. The highest BCUT2D eigenvalue weighted by atomic mass is 32.2. The topological polar surface area (TPSA) is 75.7 Å². The van der Waals surface area contributed by atoms with Gasteiger partial charge in [-0.3, -0.25) is 4.79 Å². The van der Waals surface area contributed by atoms with Crippen molar-refractivity contribution in [3.05, 3.63) is 35.9 Å². The minimum absolute atomic E-state index is 0.0918. The van der Waals surface area contributed by atoms with Crippen molar-refractivity contribution in [2.24, 2.45) is 0 Å². The fourth-order valence-corrected chi connectivity index (χ4v) is 3.22. The lowest BCUT2D eigenvalue weighted by molar-refractivity contribution is -0.129. The normalized spacial score (nSPS) is 18.8. The lowest BCUT2D eigenvalue weighted by atomic mass is 10.0. The van der Waals surface area contributed by atoms with E-state index in [-0.39, 0.29) is 18.5 Å². The van der Waals surface area contributed by atoms with Gasteiger partial charge in [-0.15, -0.1) is 0 Å². The minimum Gasteiger partial charge on any atom is -0.497 e. The molecule has 1 aliphatic rings. The van der Waals surface area contributed by atoms with Crippen LogP contribution in [0.1, 0.15) is 24.8 Å². The Bertz CT molecular complexity index is 683. The monoisotopic (exact) mass is 352 g/mol. The summed E-state index contributed by atoms with van der Waals surface area (Å²) in [6.45, 7) is 0.919. The predicted molar refractivity (Wildman–Crippen MR) is 94.2 cm³/mol. The fourth-order valence-electron chi connectivity index (χ4n) is 2.73. The highest BCUT2D eigenvalue weighted by molar-refractivity contribution is 7.88. The summed E-state index contributed by atoms with van der Waals surface area (Å²) in [6, 6.07) is 7.33. The van der Waals surface area contributed by atoms with Crippen molar-refractivity contribution in [3.8, 4) is 5.75 Å². The summed E-state index contributed by atoms with van der Waals surface area (Å²) >= 11 is 0. The molecule has 1 saturated heterocycles. The standard InChI is InChI=1S/C17H24N2O4S/c1-23-16-9-6-14(7-10-16)8-11-17(20)19-12-4-3-5-15(19)13-18-24(2,21)22/h6-11,15,18H,3-5,12-13H2,1-2H3/b11-8+/t15-/m1/s1. The van der Waals surface area contributed by atoms with Crippen LogP contribution >= 0.6 is 0 Å². The molecule has 0 radical (unpaired) electrons. The molecule has 1 amide bonds. The summed E-state index contributed by atoms with van der Waals surface area (Å²) in [6.07, 6.45) is 7.19. The molecule has 1 aromatic rings. The van der Waals surface area contributed by atoms with E-state index in [9.17, 15) is 13.2 Å². The van der Waals surface area contributed by atoms with Gasteiger partial charge in [0.05, 0.1) is 13.4 Å². The number of likely N-dealkylation sites (tertiary alicyclic amines) is 1. The van der Waals surface area contributed by atoms with E-state index in [1.54, 1.807) is 24.2 Å². The van der Waals surface area contributed by atoms with Crippen LogP contribution in [0.4, 0.5) is 0 Å². The van der Waals surface area contributed by atoms with Gasteiger partial charge in [-0.1, -0.05) is 12.1 Å². The Morgan fingerprint density at radius 1 is 1.33 bits per heavy atom. The molecule has 1 atom stereocenters. The zero-order valence-electron chi connectivity index (χ0n) is 14.1. The van der Waals surface area contributed by atoms with Crippen LogP contribution in [-0.4, -0.2) is 51.7 Å². The van der Waals surface area contributed by atoms with Gasteiger partial charge in [-0.25, -0.2) is 13.1 Å². The number of nitrogens with one attached hydrogen (secondary N) is 1. The molecule has 2 rings (SSSR count). The molecule has 1 N–H and O–H groups in total. The SMILES string of the molecule is COc1ccc(/C=C/C(=O)N2CCCC[C@@H]2CNS(C)(=O)=O)cc1. The van der Waals surface area contributed by atoms with E-state index in [0.29, 0.717) is 6.54 Å². The molecular formula is C17H24N2O4S. The number of methoxy groups -OCH3 is 1. The third kappa shape index (κ3) is 5.65. The van der Waals surface area contributed by atoms with E-state index in [4.69, 9.17) is 4.74 Å². The number of amides is 1. The Morgan fingerprint density at radius 3 is 2.67 bits per heavy atom. The van der Waals surface area contributed by atoms with Gasteiger partial charge in [0.2, 0.25) is 15.9 Å². The third-order valence-electron chi connectivity index (χ3n) is 4.03. The van der Waals surface area contributed by atoms with Gasteiger partial charge in [0.1, 0.15) is 5.75 Å². The van der Waals surface area contributed by atoms with Crippen LogP contribution in [0.25, 0.3) is 6.08 Å². The molecule has 0 saturated carbocycles. The van der Waals surface area contributed by atoms with E-state index in [1.807, 2.05) is 24.3 Å². The van der Waals surface area contributed by atoms with Crippen molar-refractivity contribution < 1.29 is 17.9 Å². The van der Waals surface area contributed by atoms with E-state index in [2.05, 4.69) is 4.72 Å². The van der Waals surface area contributed by atoms with E-state index in [1.165, 1.54) is 0 Å². The summed E-state index contributed by atoms with van der Waals surface area (Å²) in [4.78, 5) is 14.2. The molecule has 1 aliphatic heterocycles. The average molecular weight is 352 g/mol. The Labute approximate surface area is 143 Å². The Morgan fingerprint density at radius 2 is 2.04 bits per heavy atom. The molecule has 1 fully saturated rings. The first-order valence-electron chi connectivity index (χ1n) is 7.96. The first-order chi connectivity index (χ1) is 11.4. The molecule has 0 spiro atoms. The maximum atomic E-state index is 12.5. The number of nitrogens with zero attached hydrogens (tertiary/aromatic N) is 1. The number of piperidine rings is 1. The molecule has 6 nitrogen and oxygen atoms in total. The smallest absolute Gasteiger partial charge is 0.246 e. The second-order valence-corrected chi connectivity index (χ2v) is 7.74. The largest absolute Gasteiger partial charge is 0.497 e. The van der Waals surface area contributed by atoms with E-state index < -0.39 is 10.0 Å². The van der Waals surface area contributed by atoms with Gasteiger partial charge < -0.3 is 9.64 Å². The van der Waals surface area contributed by atoms with Crippen molar-refractivity contribution in [2.45, 2.75) is 25.3 Å². The van der Waals surface area contributed by atoms with Gasteiger partial charge in [-0.05, 0) is 43.0 Å². The van der Waals surface area contributed by atoms with Crippen molar-refractivity contribution in [1.29, 1.82) is 0 Å². The van der Waals surface area contributed by atoms with Crippen molar-refractivity contribution >= 4 is 22.0 Å². The number of rotatable bonds is 6. The molecule has 0 aliphatic carbocycles. The molecule has 1 heterocycles. The van der Waals surface area contributed by atoms with Crippen LogP contribution in [0, 0.1) is 0 Å². The summed E-state index contributed by atoms with van der Waals surface area (Å²) < 4.78 is 30.2. The second kappa shape index (κ2) is 8.30. The summed E-state index contributed by atoms with van der Waals surface area (Å²) in [5.74, 6) is 0.673. The van der Waals surface area contributed by atoms with Crippen molar-refractivity contribution in [2.75, 3.05) is 26.5 Å². The lowest BCUT2D eigenvalue weighted by Crippen LogP contribution is -2.48. The molecule has 0 bridgehead atoms. The van der Waals surface area contributed by atoms with Gasteiger partial charge in [0.25, 0.3) is 0 Å². The molecule has 1 aromatic carbocycles. The van der Waals surface area contributed by atoms with Crippen LogP contribution in [0.3, 0.4) is 0 Å².